The molecule has 2 aromatic rings. The van der Waals surface area contributed by atoms with E-state index in [9.17, 15) is 0 Å². The van der Waals surface area contributed by atoms with Crippen LogP contribution in [-0.4, -0.2) is 9.97 Å². The maximum atomic E-state index is 5.51. The summed E-state index contributed by atoms with van der Waals surface area (Å²) >= 11 is 3.41. The zero-order chi connectivity index (χ0) is 10.7. The van der Waals surface area contributed by atoms with Crippen molar-refractivity contribution in [2.45, 2.75) is 17.0 Å². The number of anilines is 1. The van der Waals surface area contributed by atoms with Crippen molar-refractivity contribution in [2.24, 2.45) is 0 Å². The Morgan fingerprint density at radius 2 is 2.33 bits per heavy atom. The van der Waals surface area contributed by atoms with Gasteiger partial charge in [-0.05, 0) is 18.6 Å². The lowest BCUT2D eigenvalue weighted by atomic mass is 10.3. The molecule has 0 fully saturated rings. The van der Waals surface area contributed by atoms with E-state index in [0.717, 1.165) is 15.8 Å². The summed E-state index contributed by atoms with van der Waals surface area (Å²) < 4.78 is 1.10. The molecule has 0 aromatic carbocycles. The van der Waals surface area contributed by atoms with E-state index in [2.05, 4.69) is 15.3 Å². The van der Waals surface area contributed by atoms with Gasteiger partial charge in [0.25, 0.3) is 0 Å². The smallest absolute Gasteiger partial charge is 0.150 e. The summed E-state index contributed by atoms with van der Waals surface area (Å²) in [7, 11) is 0. The first-order chi connectivity index (χ1) is 7.24. The molecule has 15 heavy (non-hydrogen) atoms. The lowest BCUT2D eigenvalue weighted by Crippen LogP contribution is -1.90. The van der Waals surface area contributed by atoms with Crippen molar-refractivity contribution in [1.29, 1.82) is 0 Å². The van der Waals surface area contributed by atoms with E-state index in [0.29, 0.717) is 5.82 Å². The van der Waals surface area contributed by atoms with E-state index in [1.165, 1.54) is 5.56 Å². The first kappa shape index (κ1) is 10.4. The van der Waals surface area contributed by atoms with Crippen molar-refractivity contribution in [3.05, 3.63) is 35.0 Å². The number of nitrogen functional groups attached to an aromatic ring is 1. The molecule has 2 N–H and O–H groups in total. The lowest BCUT2D eigenvalue weighted by Gasteiger charge is -1.98. The molecule has 0 aliphatic carbocycles. The number of thioether (sulfide) groups is 1. The van der Waals surface area contributed by atoms with Crippen LogP contribution in [0.15, 0.2) is 28.0 Å². The molecular weight excluding hydrogens is 226 g/mol. The average molecular weight is 237 g/mol. The third kappa shape index (κ3) is 2.94. The zero-order valence-corrected chi connectivity index (χ0v) is 9.94. The number of hydrogen-bond acceptors (Lipinski definition) is 5. The number of nitrogens with two attached hydrogens (primary N) is 1. The Morgan fingerprint density at radius 3 is 2.93 bits per heavy atom. The predicted octanol–water partition coefficient (Wildman–Crippen LogP) is 2.72. The van der Waals surface area contributed by atoms with Crippen LogP contribution in [0.3, 0.4) is 0 Å². The van der Waals surface area contributed by atoms with E-state index in [1.54, 1.807) is 23.1 Å². The molecule has 78 valence electrons. The second-order valence-corrected chi connectivity index (χ2v) is 5.22. The number of thiazole rings is 1. The number of hydrogen-bond donors (Lipinski definition) is 1. The molecule has 0 atom stereocenters. The van der Waals surface area contributed by atoms with Gasteiger partial charge in [-0.3, -0.25) is 0 Å². The maximum Gasteiger partial charge on any atom is 0.150 e. The highest BCUT2D eigenvalue weighted by Gasteiger charge is 2.00. The van der Waals surface area contributed by atoms with Gasteiger partial charge in [0.2, 0.25) is 0 Å². The quantitative estimate of drug-likeness (QED) is 0.834. The largest absolute Gasteiger partial charge is 0.384 e. The molecule has 0 aliphatic heterocycles. The van der Waals surface area contributed by atoms with Crippen LogP contribution in [0.25, 0.3) is 0 Å². The van der Waals surface area contributed by atoms with Gasteiger partial charge >= 0.3 is 0 Å². The van der Waals surface area contributed by atoms with Crippen molar-refractivity contribution < 1.29 is 0 Å². The molecule has 0 bridgehead atoms. The number of nitrogens with zero attached hydrogens (tertiary/aromatic N) is 2. The monoisotopic (exact) mass is 237 g/mol. The summed E-state index contributed by atoms with van der Waals surface area (Å²) in [4.78, 5) is 8.42. The minimum absolute atomic E-state index is 0.564. The molecule has 0 saturated carbocycles. The Balaban J connectivity index is 1.96. The summed E-state index contributed by atoms with van der Waals surface area (Å²) in [5.41, 5.74) is 7.76. The van der Waals surface area contributed by atoms with Crippen LogP contribution in [0.1, 0.15) is 11.3 Å². The van der Waals surface area contributed by atoms with Crippen LogP contribution in [0.2, 0.25) is 0 Å². The molecule has 0 aliphatic rings. The molecule has 3 nitrogen and oxygen atoms in total. The molecule has 5 heteroatoms. The number of pyridine rings is 1. The van der Waals surface area contributed by atoms with Gasteiger partial charge in [0.05, 0.1) is 0 Å². The summed E-state index contributed by atoms with van der Waals surface area (Å²) in [6.45, 7) is 2.01. The van der Waals surface area contributed by atoms with Gasteiger partial charge in [0.1, 0.15) is 10.2 Å². The molecule has 2 heterocycles. The van der Waals surface area contributed by atoms with E-state index in [1.807, 2.05) is 25.3 Å². The standard InChI is InChI=1S/C10H11N3S2/c1-7-5-14-10(13-7)15-6-8-2-3-9(11)12-4-8/h2-5H,6H2,1H3,(H2,11,12). The van der Waals surface area contributed by atoms with E-state index in [-0.39, 0.29) is 0 Å². The van der Waals surface area contributed by atoms with Gasteiger partial charge in [0.15, 0.2) is 0 Å². The van der Waals surface area contributed by atoms with Crippen LogP contribution in [0.4, 0.5) is 5.82 Å². The highest BCUT2D eigenvalue weighted by atomic mass is 32.2. The van der Waals surface area contributed by atoms with Gasteiger partial charge in [0, 0.05) is 23.0 Å². The lowest BCUT2D eigenvalue weighted by molar-refractivity contribution is 1.15. The Morgan fingerprint density at radius 1 is 1.47 bits per heavy atom. The van der Waals surface area contributed by atoms with Crippen molar-refractivity contribution in [3.8, 4) is 0 Å². The summed E-state index contributed by atoms with van der Waals surface area (Å²) in [5.74, 6) is 1.45. The van der Waals surface area contributed by atoms with Gasteiger partial charge in [-0.2, -0.15) is 0 Å². The Labute approximate surface area is 96.8 Å². The zero-order valence-electron chi connectivity index (χ0n) is 8.30. The number of rotatable bonds is 3. The molecular formula is C10H11N3S2. The normalized spacial score (nSPS) is 10.5. The van der Waals surface area contributed by atoms with Gasteiger partial charge in [-0.25, -0.2) is 9.97 Å². The van der Waals surface area contributed by atoms with Crippen molar-refractivity contribution in [3.63, 3.8) is 0 Å². The highest BCUT2D eigenvalue weighted by molar-refractivity contribution is 8.00. The topological polar surface area (TPSA) is 51.8 Å². The van der Waals surface area contributed by atoms with Crippen molar-refractivity contribution in [1.82, 2.24) is 9.97 Å². The van der Waals surface area contributed by atoms with Gasteiger partial charge in [-0.15, -0.1) is 11.3 Å². The number of aryl methyl sites for hydroxylation is 1. The second-order valence-electron chi connectivity index (χ2n) is 3.13. The van der Waals surface area contributed by atoms with Gasteiger partial charge < -0.3 is 5.73 Å². The van der Waals surface area contributed by atoms with Crippen molar-refractivity contribution in [2.75, 3.05) is 5.73 Å². The molecule has 2 aromatic heterocycles. The second kappa shape index (κ2) is 4.63. The SMILES string of the molecule is Cc1csc(SCc2ccc(N)nc2)n1. The molecule has 0 unspecified atom stereocenters. The van der Waals surface area contributed by atoms with E-state index in [4.69, 9.17) is 5.73 Å². The minimum atomic E-state index is 0.564. The molecule has 0 spiro atoms. The van der Waals surface area contributed by atoms with Crippen molar-refractivity contribution >= 4 is 28.9 Å². The van der Waals surface area contributed by atoms with Gasteiger partial charge in [-0.1, -0.05) is 17.8 Å². The summed E-state index contributed by atoms with van der Waals surface area (Å²) in [5, 5.41) is 2.06. The van der Waals surface area contributed by atoms with Crippen LogP contribution in [-0.2, 0) is 5.75 Å². The third-order valence-corrected chi connectivity index (χ3v) is 4.02. The van der Waals surface area contributed by atoms with E-state index < -0.39 is 0 Å². The molecule has 2 rings (SSSR count). The predicted molar refractivity (Wildman–Crippen MR) is 65.1 cm³/mol. The first-order valence-electron chi connectivity index (χ1n) is 4.49. The Hall–Kier alpha value is -1.07. The summed E-state index contributed by atoms with van der Waals surface area (Å²) in [6.07, 6.45) is 1.81. The fourth-order valence-corrected chi connectivity index (χ4v) is 2.85. The first-order valence-corrected chi connectivity index (χ1v) is 6.36. The third-order valence-electron chi connectivity index (χ3n) is 1.81. The molecule has 0 radical (unpaired) electrons. The molecule has 0 saturated heterocycles. The Bertz CT molecular complexity index is 436. The number of aromatic nitrogens is 2. The highest BCUT2D eigenvalue weighted by Crippen LogP contribution is 2.25. The average Bonchev–Trinajstić information content (AvgIpc) is 2.64. The fraction of sp³-hybridized carbons (Fsp3) is 0.200. The Kier molecular flexibility index (Phi) is 3.23. The summed E-state index contributed by atoms with van der Waals surface area (Å²) in [6, 6.07) is 3.82. The van der Waals surface area contributed by atoms with Crippen LogP contribution in [0.5, 0.6) is 0 Å². The fourth-order valence-electron chi connectivity index (χ4n) is 1.07. The van der Waals surface area contributed by atoms with Crippen LogP contribution < -0.4 is 5.73 Å². The maximum absolute atomic E-state index is 5.51. The van der Waals surface area contributed by atoms with Crippen LogP contribution >= 0.6 is 23.1 Å². The minimum Gasteiger partial charge on any atom is -0.384 e. The molecule has 0 amide bonds. The van der Waals surface area contributed by atoms with E-state index >= 15 is 0 Å². The van der Waals surface area contributed by atoms with Crippen LogP contribution in [0, 0.1) is 6.92 Å².